The predicted octanol–water partition coefficient (Wildman–Crippen LogP) is 3.38. The molecule has 114 valence electrons. The van der Waals surface area contributed by atoms with Crippen molar-refractivity contribution in [1.82, 2.24) is 14.5 Å². The first-order valence-electron chi connectivity index (χ1n) is 7.87. The molecule has 0 atom stereocenters. The quantitative estimate of drug-likeness (QED) is 0.788. The number of hydrogen-bond donors (Lipinski definition) is 1. The lowest BCUT2D eigenvalue weighted by molar-refractivity contribution is 0.535. The van der Waals surface area contributed by atoms with Crippen molar-refractivity contribution in [2.24, 2.45) is 0 Å². The molecule has 1 fully saturated rings. The van der Waals surface area contributed by atoms with Gasteiger partial charge < -0.3 is 9.55 Å². The number of fused-ring (bicyclic) bond motifs is 1. The van der Waals surface area contributed by atoms with Gasteiger partial charge in [0.05, 0.1) is 22.2 Å². The van der Waals surface area contributed by atoms with E-state index >= 15 is 0 Å². The fourth-order valence-corrected chi connectivity index (χ4v) is 3.58. The number of rotatable bonds is 2. The summed E-state index contributed by atoms with van der Waals surface area (Å²) in [5.74, 6) is 0. The molecule has 3 aromatic rings. The standard InChI is InChI=1S/C18H16N4O/c19-9-12-10-21-18(23)16-14(15-7-3-4-8-20-15)11-22(17(12)16)13-5-1-2-6-13/h3-4,7-8,10-11,13H,1-2,5-6H2,(H,21,23). The SMILES string of the molecule is N#Cc1c[nH]c(=O)c2c(-c3ccccn3)cn(C3CCCC3)c12. The summed E-state index contributed by atoms with van der Waals surface area (Å²) in [6.45, 7) is 0. The largest absolute Gasteiger partial charge is 0.342 e. The zero-order valence-corrected chi connectivity index (χ0v) is 12.6. The van der Waals surface area contributed by atoms with Crippen molar-refractivity contribution in [2.45, 2.75) is 31.7 Å². The second-order valence-electron chi connectivity index (χ2n) is 5.97. The number of nitrogens with zero attached hydrogens (tertiary/aromatic N) is 3. The third kappa shape index (κ3) is 2.15. The molecule has 0 radical (unpaired) electrons. The van der Waals surface area contributed by atoms with Gasteiger partial charge >= 0.3 is 0 Å². The van der Waals surface area contributed by atoms with Crippen LogP contribution in [0.5, 0.6) is 0 Å². The Morgan fingerprint density at radius 2 is 2.13 bits per heavy atom. The van der Waals surface area contributed by atoms with Crippen molar-refractivity contribution in [3.8, 4) is 17.3 Å². The van der Waals surface area contributed by atoms with Crippen molar-refractivity contribution < 1.29 is 0 Å². The molecule has 1 aliphatic rings. The maximum absolute atomic E-state index is 12.5. The van der Waals surface area contributed by atoms with E-state index in [1.165, 1.54) is 19.0 Å². The summed E-state index contributed by atoms with van der Waals surface area (Å²) in [5, 5.41) is 10.0. The van der Waals surface area contributed by atoms with Crippen LogP contribution in [-0.2, 0) is 0 Å². The van der Waals surface area contributed by atoms with Crippen LogP contribution in [0, 0.1) is 11.3 Å². The monoisotopic (exact) mass is 304 g/mol. The lowest BCUT2D eigenvalue weighted by Crippen LogP contribution is -2.09. The Morgan fingerprint density at radius 3 is 2.83 bits per heavy atom. The highest BCUT2D eigenvalue weighted by Gasteiger charge is 2.24. The Bertz CT molecular complexity index is 956. The molecule has 0 aromatic carbocycles. The minimum absolute atomic E-state index is 0.170. The molecule has 0 saturated heterocycles. The first-order valence-corrected chi connectivity index (χ1v) is 7.87. The normalized spacial score (nSPS) is 15.1. The molecular formula is C18H16N4O. The summed E-state index contributed by atoms with van der Waals surface area (Å²) in [4.78, 5) is 19.5. The van der Waals surface area contributed by atoms with E-state index in [0.29, 0.717) is 17.0 Å². The molecule has 1 N–H and O–H groups in total. The average Bonchev–Trinajstić information content (AvgIpc) is 3.24. The van der Waals surface area contributed by atoms with Crippen molar-refractivity contribution >= 4 is 10.9 Å². The molecule has 1 aliphatic carbocycles. The first kappa shape index (κ1) is 13.8. The molecular weight excluding hydrogens is 288 g/mol. The van der Waals surface area contributed by atoms with Crippen LogP contribution < -0.4 is 5.56 Å². The number of aromatic amines is 1. The summed E-state index contributed by atoms with van der Waals surface area (Å²) in [5.41, 5.74) is 2.63. The fourth-order valence-electron chi connectivity index (χ4n) is 3.58. The van der Waals surface area contributed by atoms with Crippen molar-refractivity contribution in [1.29, 1.82) is 5.26 Å². The van der Waals surface area contributed by atoms with Crippen LogP contribution in [-0.4, -0.2) is 14.5 Å². The molecule has 3 heterocycles. The molecule has 4 rings (SSSR count). The van der Waals surface area contributed by atoms with Crippen LogP contribution in [0.15, 0.2) is 41.6 Å². The van der Waals surface area contributed by atoms with Crippen LogP contribution >= 0.6 is 0 Å². The predicted molar refractivity (Wildman–Crippen MR) is 88.0 cm³/mol. The van der Waals surface area contributed by atoms with Gasteiger partial charge in [-0.25, -0.2) is 0 Å². The molecule has 0 bridgehead atoms. The van der Waals surface area contributed by atoms with E-state index in [4.69, 9.17) is 0 Å². The van der Waals surface area contributed by atoms with Gasteiger partial charge in [0.2, 0.25) is 0 Å². The van der Waals surface area contributed by atoms with Crippen molar-refractivity contribution in [3.63, 3.8) is 0 Å². The third-order valence-corrected chi connectivity index (χ3v) is 4.64. The summed E-state index contributed by atoms with van der Waals surface area (Å²) in [7, 11) is 0. The Morgan fingerprint density at radius 1 is 1.30 bits per heavy atom. The zero-order valence-electron chi connectivity index (χ0n) is 12.6. The number of nitrogens with one attached hydrogen (secondary N) is 1. The van der Waals surface area contributed by atoms with Gasteiger partial charge in [0.1, 0.15) is 6.07 Å². The van der Waals surface area contributed by atoms with Crippen LogP contribution in [0.25, 0.3) is 22.2 Å². The first-order chi connectivity index (χ1) is 11.3. The Balaban J connectivity index is 2.08. The molecule has 23 heavy (non-hydrogen) atoms. The van der Waals surface area contributed by atoms with Crippen LogP contribution in [0.3, 0.4) is 0 Å². The third-order valence-electron chi connectivity index (χ3n) is 4.64. The van der Waals surface area contributed by atoms with E-state index in [1.807, 2.05) is 24.4 Å². The van der Waals surface area contributed by atoms with Gasteiger partial charge in [0, 0.05) is 30.2 Å². The lowest BCUT2D eigenvalue weighted by atomic mass is 10.1. The van der Waals surface area contributed by atoms with E-state index in [0.717, 1.165) is 29.6 Å². The van der Waals surface area contributed by atoms with Crippen molar-refractivity contribution in [3.05, 3.63) is 52.7 Å². The van der Waals surface area contributed by atoms with Crippen LogP contribution in [0.4, 0.5) is 0 Å². The maximum Gasteiger partial charge on any atom is 0.258 e. The van der Waals surface area contributed by atoms with Gasteiger partial charge in [-0.3, -0.25) is 9.78 Å². The van der Waals surface area contributed by atoms with E-state index < -0.39 is 0 Å². The minimum atomic E-state index is -0.170. The molecule has 5 heteroatoms. The van der Waals surface area contributed by atoms with Gasteiger partial charge in [0.25, 0.3) is 5.56 Å². The topological polar surface area (TPSA) is 74.5 Å². The molecule has 0 spiro atoms. The van der Waals surface area contributed by atoms with Crippen LogP contribution in [0.1, 0.15) is 37.3 Å². The summed E-state index contributed by atoms with van der Waals surface area (Å²) >= 11 is 0. The average molecular weight is 304 g/mol. The van der Waals surface area contributed by atoms with Crippen LogP contribution in [0.2, 0.25) is 0 Å². The van der Waals surface area contributed by atoms with Gasteiger partial charge in [-0.05, 0) is 25.0 Å². The molecule has 1 saturated carbocycles. The highest BCUT2D eigenvalue weighted by atomic mass is 16.1. The molecule has 0 aliphatic heterocycles. The number of hydrogen-bond acceptors (Lipinski definition) is 3. The van der Waals surface area contributed by atoms with Gasteiger partial charge in [0.15, 0.2) is 0 Å². The number of aromatic nitrogens is 3. The van der Waals surface area contributed by atoms with Crippen molar-refractivity contribution in [2.75, 3.05) is 0 Å². The Hall–Kier alpha value is -2.87. The molecule has 0 unspecified atom stereocenters. The molecule has 5 nitrogen and oxygen atoms in total. The highest BCUT2D eigenvalue weighted by molar-refractivity contribution is 5.97. The lowest BCUT2D eigenvalue weighted by Gasteiger charge is -2.13. The van der Waals surface area contributed by atoms with Gasteiger partial charge in [-0.1, -0.05) is 18.9 Å². The van der Waals surface area contributed by atoms with E-state index in [-0.39, 0.29) is 5.56 Å². The van der Waals surface area contributed by atoms with E-state index in [2.05, 4.69) is 20.6 Å². The summed E-state index contributed by atoms with van der Waals surface area (Å²) in [6, 6.07) is 8.22. The summed E-state index contributed by atoms with van der Waals surface area (Å²) in [6.07, 6.45) is 9.78. The Labute approximate surface area is 133 Å². The second-order valence-corrected chi connectivity index (χ2v) is 5.97. The Kier molecular flexibility index (Phi) is 3.23. The summed E-state index contributed by atoms with van der Waals surface area (Å²) < 4.78 is 2.13. The second kappa shape index (κ2) is 5.40. The molecule has 0 amide bonds. The number of pyridine rings is 2. The van der Waals surface area contributed by atoms with E-state index in [9.17, 15) is 10.1 Å². The zero-order chi connectivity index (χ0) is 15.8. The minimum Gasteiger partial charge on any atom is -0.342 e. The van der Waals surface area contributed by atoms with E-state index in [1.54, 1.807) is 6.20 Å². The number of nitriles is 1. The smallest absolute Gasteiger partial charge is 0.258 e. The highest BCUT2D eigenvalue weighted by Crippen LogP contribution is 2.36. The van der Waals surface area contributed by atoms with Gasteiger partial charge in [-0.15, -0.1) is 0 Å². The fraction of sp³-hybridized carbons (Fsp3) is 0.278. The molecule has 3 aromatic heterocycles. The van der Waals surface area contributed by atoms with Gasteiger partial charge in [-0.2, -0.15) is 5.26 Å². The maximum atomic E-state index is 12.5. The number of H-pyrrole nitrogens is 1.